The summed E-state index contributed by atoms with van der Waals surface area (Å²) in [5.74, 6) is 1.68. The summed E-state index contributed by atoms with van der Waals surface area (Å²) >= 11 is 0. The van der Waals surface area contributed by atoms with Crippen LogP contribution in [0.4, 0.5) is 5.82 Å². The minimum Gasteiger partial charge on any atom is -0.472 e. The number of carbonyl (C=O) groups is 1. The Balaban J connectivity index is 1.56. The van der Waals surface area contributed by atoms with Crippen LogP contribution >= 0.6 is 0 Å². The van der Waals surface area contributed by atoms with Gasteiger partial charge in [0.1, 0.15) is 17.9 Å². The van der Waals surface area contributed by atoms with Gasteiger partial charge in [-0.3, -0.25) is 4.79 Å². The average molecular weight is 300 g/mol. The van der Waals surface area contributed by atoms with E-state index in [2.05, 4.69) is 15.3 Å². The molecule has 0 aliphatic carbocycles. The molecule has 1 fully saturated rings. The van der Waals surface area contributed by atoms with Crippen LogP contribution in [-0.2, 0) is 0 Å². The Labute approximate surface area is 129 Å². The van der Waals surface area contributed by atoms with Gasteiger partial charge in [-0.05, 0) is 32.8 Å². The van der Waals surface area contributed by atoms with Gasteiger partial charge in [-0.25, -0.2) is 9.97 Å². The second-order valence-electron chi connectivity index (χ2n) is 5.66. The van der Waals surface area contributed by atoms with E-state index in [1.165, 1.54) is 12.5 Å². The van der Waals surface area contributed by atoms with Gasteiger partial charge in [0, 0.05) is 30.9 Å². The molecule has 0 unspecified atom stereocenters. The summed E-state index contributed by atoms with van der Waals surface area (Å²) in [6.07, 6.45) is 4.85. The van der Waals surface area contributed by atoms with Crippen molar-refractivity contribution in [2.45, 2.75) is 32.7 Å². The van der Waals surface area contributed by atoms with E-state index in [0.717, 1.165) is 43.3 Å². The lowest BCUT2D eigenvalue weighted by molar-refractivity contribution is 0.0717. The van der Waals surface area contributed by atoms with E-state index in [9.17, 15) is 4.79 Å². The number of amides is 1. The molecule has 3 rings (SSSR count). The van der Waals surface area contributed by atoms with E-state index in [-0.39, 0.29) is 5.91 Å². The van der Waals surface area contributed by atoms with Crippen molar-refractivity contribution in [2.75, 3.05) is 18.4 Å². The molecule has 22 heavy (non-hydrogen) atoms. The molecule has 2 aromatic rings. The summed E-state index contributed by atoms with van der Waals surface area (Å²) in [6, 6.07) is 4.00. The van der Waals surface area contributed by atoms with Crippen molar-refractivity contribution in [2.24, 2.45) is 0 Å². The summed E-state index contributed by atoms with van der Waals surface area (Å²) < 4.78 is 4.97. The molecule has 1 N–H and O–H groups in total. The molecule has 0 bridgehead atoms. The number of furan rings is 1. The van der Waals surface area contributed by atoms with Crippen molar-refractivity contribution in [3.05, 3.63) is 41.7 Å². The first-order chi connectivity index (χ1) is 10.6. The van der Waals surface area contributed by atoms with Crippen molar-refractivity contribution >= 4 is 11.7 Å². The highest BCUT2D eigenvalue weighted by Crippen LogP contribution is 2.18. The second kappa shape index (κ2) is 6.17. The number of nitrogens with zero attached hydrogens (tertiary/aromatic N) is 3. The number of carbonyl (C=O) groups excluding carboxylic acids is 1. The van der Waals surface area contributed by atoms with Crippen LogP contribution in [-0.4, -0.2) is 39.9 Å². The normalized spacial score (nSPS) is 15.8. The summed E-state index contributed by atoms with van der Waals surface area (Å²) in [4.78, 5) is 22.8. The molecule has 0 spiro atoms. The molecule has 1 aliphatic rings. The van der Waals surface area contributed by atoms with Gasteiger partial charge < -0.3 is 14.6 Å². The third-order valence-corrected chi connectivity index (χ3v) is 3.87. The fourth-order valence-corrected chi connectivity index (χ4v) is 2.80. The smallest absolute Gasteiger partial charge is 0.257 e. The zero-order valence-electron chi connectivity index (χ0n) is 12.9. The van der Waals surface area contributed by atoms with Gasteiger partial charge in [-0.1, -0.05) is 0 Å². The first-order valence-electron chi connectivity index (χ1n) is 7.52. The minimum absolute atomic E-state index is 0.0425. The quantitative estimate of drug-likeness (QED) is 0.942. The van der Waals surface area contributed by atoms with Crippen LogP contribution in [0.5, 0.6) is 0 Å². The van der Waals surface area contributed by atoms with Crippen LogP contribution in [0, 0.1) is 13.8 Å². The minimum atomic E-state index is 0.0425. The number of hydrogen-bond donors (Lipinski definition) is 1. The van der Waals surface area contributed by atoms with Crippen molar-refractivity contribution in [1.29, 1.82) is 0 Å². The van der Waals surface area contributed by atoms with Gasteiger partial charge in [0.2, 0.25) is 0 Å². The molecule has 0 saturated carbocycles. The lowest BCUT2D eigenvalue weighted by Gasteiger charge is -2.32. The van der Waals surface area contributed by atoms with Crippen molar-refractivity contribution in [3.8, 4) is 0 Å². The SMILES string of the molecule is Cc1cc(NC2CCN(C(=O)c3ccoc3)CC2)nc(C)n1. The molecule has 0 aromatic carbocycles. The molecule has 0 radical (unpaired) electrons. The molecular weight excluding hydrogens is 280 g/mol. The maximum absolute atomic E-state index is 12.2. The molecule has 6 heteroatoms. The van der Waals surface area contributed by atoms with Gasteiger partial charge in [-0.15, -0.1) is 0 Å². The van der Waals surface area contributed by atoms with E-state index in [1.54, 1.807) is 6.07 Å². The Hall–Kier alpha value is -2.37. The third-order valence-electron chi connectivity index (χ3n) is 3.87. The van der Waals surface area contributed by atoms with Crippen LogP contribution in [0.15, 0.2) is 29.1 Å². The number of aromatic nitrogens is 2. The fraction of sp³-hybridized carbons (Fsp3) is 0.438. The number of piperidine rings is 1. The zero-order chi connectivity index (χ0) is 15.5. The summed E-state index contributed by atoms with van der Waals surface area (Å²) in [6.45, 7) is 5.34. The number of rotatable bonds is 3. The van der Waals surface area contributed by atoms with Crippen LogP contribution < -0.4 is 5.32 Å². The standard InChI is InChI=1S/C16H20N4O2/c1-11-9-15(18-12(2)17-11)19-14-3-6-20(7-4-14)16(21)13-5-8-22-10-13/h5,8-10,14H,3-4,6-7H2,1-2H3,(H,17,18,19). The van der Waals surface area contributed by atoms with Crippen LogP contribution in [0.25, 0.3) is 0 Å². The number of aryl methyl sites for hydroxylation is 2. The Bertz CT molecular complexity index is 626. The third kappa shape index (κ3) is 3.27. The average Bonchev–Trinajstić information content (AvgIpc) is 3.00. The molecule has 6 nitrogen and oxygen atoms in total. The van der Waals surface area contributed by atoms with E-state index in [0.29, 0.717) is 11.6 Å². The highest BCUT2D eigenvalue weighted by Gasteiger charge is 2.24. The van der Waals surface area contributed by atoms with Crippen LogP contribution in [0.2, 0.25) is 0 Å². The maximum atomic E-state index is 12.2. The van der Waals surface area contributed by atoms with Crippen molar-refractivity contribution in [1.82, 2.24) is 14.9 Å². The summed E-state index contributed by atoms with van der Waals surface area (Å²) in [5.41, 5.74) is 1.58. The molecule has 0 atom stereocenters. The number of hydrogen-bond acceptors (Lipinski definition) is 5. The van der Waals surface area contributed by atoms with E-state index < -0.39 is 0 Å². The molecule has 1 amide bonds. The van der Waals surface area contributed by atoms with Gasteiger partial charge in [0.15, 0.2) is 0 Å². The van der Waals surface area contributed by atoms with E-state index in [4.69, 9.17) is 4.42 Å². The molecule has 3 heterocycles. The van der Waals surface area contributed by atoms with Gasteiger partial charge >= 0.3 is 0 Å². The Morgan fingerprint density at radius 1 is 1.32 bits per heavy atom. The first kappa shape index (κ1) is 14.6. The lowest BCUT2D eigenvalue weighted by Crippen LogP contribution is -2.42. The number of nitrogens with one attached hydrogen (secondary N) is 1. The Kier molecular flexibility index (Phi) is 4.09. The van der Waals surface area contributed by atoms with E-state index >= 15 is 0 Å². The predicted octanol–water partition coefficient (Wildman–Crippen LogP) is 2.40. The fourth-order valence-electron chi connectivity index (χ4n) is 2.80. The number of anilines is 1. The number of likely N-dealkylation sites (tertiary alicyclic amines) is 1. The molecule has 1 saturated heterocycles. The Morgan fingerprint density at radius 2 is 2.09 bits per heavy atom. The zero-order valence-corrected chi connectivity index (χ0v) is 12.9. The predicted molar refractivity (Wildman–Crippen MR) is 82.8 cm³/mol. The lowest BCUT2D eigenvalue weighted by atomic mass is 10.0. The first-order valence-corrected chi connectivity index (χ1v) is 7.52. The monoisotopic (exact) mass is 300 g/mol. The van der Waals surface area contributed by atoms with Crippen LogP contribution in [0.1, 0.15) is 34.7 Å². The highest BCUT2D eigenvalue weighted by atomic mass is 16.3. The molecule has 2 aromatic heterocycles. The second-order valence-corrected chi connectivity index (χ2v) is 5.66. The highest BCUT2D eigenvalue weighted by molar-refractivity contribution is 5.93. The summed E-state index contributed by atoms with van der Waals surface area (Å²) in [5, 5.41) is 3.45. The van der Waals surface area contributed by atoms with E-state index in [1.807, 2.05) is 24.8 Å². The van der Waals surface area contributed by atoms with Crippen molar-refractivity contribution < 1.29 is 9.21 Å². The molecule has 116 valence electrons. The van der Waals surface area contributed by atoms with Gasteiger partial charge in [0.25, 0.3) is 5.91 Å². The topological polar surface area (TPSA) is 71.3 Å². The van der Waals surface area contributed by atoms with Gasteiger partial charge in [-0.2, -0.15) is 0 Å². The van der Waals surface area contributed by atoms with Crippen molar-refractivity contribution in [3.63, 3.8) is 0 Å². The van der Waals surface area contributed by atoms with Gasteiger partial charge in [0.05, 0.1) is 11.8 Å². The molecular formula is C16H20N4O2. The Morgan fingerprint density at radius 3 is 2.73 bits per heavy atom. The van der Waals surface area contributed by atoms with Crippen LogP contribution in [0.3, 0.4) is 0 Å². The maximum Gasteiger partial charge on any atom is 0.257 e. The molecule has 1 aliphatic heterocycles. The largest absolute Gasteiger partial charge is 0.472 e. The summed E-state index contributed by atoms with van der Waals surface area (Å²) in [7, 11) is 0.